The topological polar surface area (TPSA) is 18.5 Å². The maximum atomic E-state index is 6.47. The molecule has 2 atom stereocenters. The van der Waals surface area contributed by atoms with Crippen LogP contribution >= 0.6 is 11.6 Å². The Labute approximate surface area is 127 Å². The van der Waals surface area contributed by atoms with Crippen molar-refractivity contribution in [3.63, 3.8) is 0 Å². The van der Waals surface area contributed by atoms with E-state index in [9.17, 15) is 0 Å². The van der Waals surface area contributed by atoms with Crippen LogP contribution in [0.25, 0.3) is 0 Å². The first-order valence-electron chi connectivity index (χ1n) is 8.12. The van der Waals surface area contributed by atoms with Gasteiger partial charge in [0.05, 0.1) is 29.5 Å². The molecule has 2 unspecified atom stereocenters. The Kier molecular flexibility index (Phi) is 6.40. The van der Waals surface area contributed by atoms with Gasteiger partial charge in [0, 0.05) is 19.1 Å². The maximum Gasteiger partial charge on any atom is 0.0765 e. The van der Waals surface area contributed by atoms with E-state index < -0.39 is 0 Å². The van der Waals surface area contributed by atoms with Crippen LogP contribution in [-0.4, -0.2) is 48.6 Å². The van der Waals surface area contributed by atoms with Crippen molar-refractivity contribution in [2.75, 3.05) is 19.1 Å². The van der Waals surface area contributed by atoms with Gasteiger partial charge in [0.1, 0.15) is 0 Å². The first-order valence-corrected chi connectivity index (χ1v) is 12.5. The summed E-state index contributed by atoms with van der Waals surface area (Å²) >= 11 is 5.88. The van der Waals surface area contributed by atoms with Gasteiger partial charge in [-0.15, -0.1) is 11.6 Å². The van der Waals surface area contributed by atoms with Crippen molar-refractivity contribution in [2.45, 2.75) is 68.0 Å². The van der Waals surface area contributed by atoms with Crippen LogP contribution in [0.3, 0.4) is 0 Å². The lowest BCUT2D eigenvalue weighted by Gasteiger charge is -2.53. The van der Waals surface area contributed by atoms with E-state index in [1.165, 1.54) is 51.0 Å². The normalized spacial score (nSPS) is 37.6. The second kappa shape index (κ2) is 7.59. The van der Waals surface area contributed by atoms with Gasteiger partial charge in [-0.1, -0.05) is 12.6 Å². The Balaban J connectivity index is 2.13. The zero-order valence-corrected chi connectivity index (χ0v) is 16.0. The molecule has 2 fully saturated rings. The Morgan fingerprint density at radius 1 is 1.00 bits per heavy atom. The highest BCUT2D eigenvalue weighted by Gasteiger charge is 2.52. The van der Waals surface area contributed by atoms with Gasteiger partial charge in [-0.05, 0) is 44.9 Å². The van der Waals surface area contributed by atoms with E-state index in [0.29, 0.717) is 0 Å². The fraction of sp³-hybridized carbons (Fsp3) is 1.00. The number of alkyl halides is 1. The summed E-state index contributed by atoms with van der Waals surface area (Å²) in [6, 6.07) is 1.32. The molecule has 0 saturated carbocycles. The predicted molar refractivity (Wildman–Crippen MR) is 88.2 cm³/mol. The number of halogens is 1. The Hall–Kier alpha value is 0.644. The van der Waals surface area contributed by atoms with Gasteiger partial charge in [0.25, 0.3) is 0 Å². The van der Waals surface area contributed by atoms with Crippen molar-refractivity contribution in [1.82, 2.24) is 0 Å². The van der Waals surface area contributed by atoms with E-state index >= 15 is 0 Å². The molecule has 0 spiro atoms. The average Bonchev–Trinajstić information content (AvgIpc) is 2.49. The minimum absolute atomic E-state index is 0.165. The smallest absolute Gasteiger partial charge is 0.0765 e. The molecule has 0 N–H and O–H groups in total. The summed E-state index contributed by atoms with van der Waals surface area (Å²) < 4.78 is 12.9. The summed E-state index contributed by atoms with van der Waals surface area (Å²) in [4.78, 5) is 0. The van der Waals surface area contributed by atoms with Gasteiger partial charge >= 0.3 is 0 Å². The summed E-state index contributed by atoms with van der Waals surface area (Å²) in [7, 11) is -0.482. The van der Waals surface area contributed by atoms with Crippen molar-refractivity contribution in [3.05, 3.63) is 0 Å². The minimum atomic E-state index is -0.262. The van der Waals surface area contributed by atoms with Crippen molar-refractivity contribution < 1.29 is 9.47 Å². The Morgan fingerprint density at radius 2 is 1.63 bits per heavy atom. The lowest BCUT2D eigenvalue weighted by molar-refractivity contribution is -0.161. The second-order valence-corrected chi connectivity index (χ2v) is 10.7. The van der Waals surface area contributed by atoms with Crippen LogP contribution in [0.5, 0.6) is 0 Å². The molecule has 0 aromatic heterocycles. The highest BCUT2D eigenvalue weighted by Crippen LogP contribution is 2.42. The van der Waals surface area contributed by atoms with E-state index in [-0.39, 0.29) is 29.5 Å². The quantitative estimate of drug-likeness (QED) is 0.424. The molecule has 0 radical (unpaired) electrons. The average molecular weight is 321 g/mol. The third-order valence-electron chi connectivity index (χ3n) is 5.07. The standard InChI is InChI=1S/C14H29ClO2Si2/c1-18-13(7-2-4-10-16-13)14(19-12-6-9-15)8-3-5-11-17-14/h2-12,18-19H2,1H3. The maximum absolute atomic E-state index is 6.47. The van der Waals surface area contributed by atoms with E-state index in [1.807, 2.05) is 0 Å². The van der Waals surface area contributed by atoms with Crippen LogP contribution in [0.2, 0.25) is 12.6 Å². The zero-order chi connectivity index (χ0) is 13.6. The predicted octanol–water partition coefficient (Wildman–Crippen LogP) is 2.21. The number of ether oxygens (including phenoxy) is 2. The van der Waals surface area contributed by atoms with Crippen LogP contribution in [0.15, 0.2) is 0 Å². The van der Waals surface area contributed by atoms with Crippen LogP contribution in [-0.2, 0) is 9.47 Å². The minimum Gasteiger partial charge on any atom is -0.377 e. The van der Waals surface area contributed by atoms with E-state index in [4.69, 9.17) is 21.1 Å². The fourth-order valence-corrected chi connectivity index (χ4v) is 10.2. The van der Waals surface area contributed by atoms with Gasteiger partial charge in [0.2, 0.25) is 0 Å². The Bertz CT molecular complexity index is 264. The first kappa shape index (κ1) is 16.0. The van der Waals surface area contributed by atoms with Crippen molar-refractivity contribution in [2.24, 2.45) is 0 Å². The van der Waals surface area contributed by atoms with Crippen LogP contribution in [0.4, 0.5) is 0 Å². The zero-order valence-electron chi connectivity index (χ0n) is 12.4. The van der Waals surface area contributed by atoms with Gasteiger partial charge in [-0.3, -0.25) is 0 Å². The highest BCUT2D eigenvalue weighted by molar-refractivity contribution is 6.47. The molecule has 19 heavy (non-hydrogen) atoms. The number of hydrogen-bond donors (Lipinski definition) is 0. The molecule has 0 aromatic rings. The van der Waals surface area contributed by atoms with E-state index in [2.05, 4.69) is 6.55 Å². The lowest BCUT2D eigenvalue weighted by Crippen LogP contribution is -2.66. The van der Waals surface area contributed by atoms with Crippen molar-refractivity contribution in [1.29, 1.82) is 0 Å². The van der Waals surface area contributed by atoms with Gasteiger partial charge in [-0.25, -0.2) is 0 Å². The second-order valence-electron chi connectivity index (χ2n) is 6.10. The van der Waals surface area contributed by atoms with Gasteiger partial charge in [-0.2, -0.15) is 0 Å². The van der Waals surface area contributed by atoms with Crippen molar-refractivity contribution >= 4 is 30.6 Å². The molecule has 2 nitrogen and oxygen atoms in total. The molecule has 5 heteroatoms. The molecular formula is C14H29ClO2Si2. The molecule has 0 amide bonds. The fourth-order valence-electron chi connectivity index (χ4n) is 3.95. The molecule has 2 heterocycles. The Morgan fingerprint density at radius 3 is 2.11 bits per heavy atom. The largest absolute Gasteiger partial charge is 0.377 e. The highest BCUT2D eigenvalue weighted by atomic mass is 35.5. The van der Waals surface area contributed by atoms with Crippen LogP contribution < -0.4 is 0 Å². The van der Waals surface area contributed by atoms with E-state index in [1.54, 1.807) is 0 Å². The molecule has 0 bridgehead atoms. The molecule has 112 valence electrons. The number of hydrogen-bond acceptors (Lipinski definition) is 2. The first-order chi connectivity index (χ1) is 9.29. The summed E-state index contributed by atoms with van der Waals surface area (Å²) in [6.07, 6.45) is 8.87. The third-order valence-corrected chi connectivity index (χ3v) is 11.0. The van der Waals surface area contributed by atoms with Crippen molar-refractivity contribution in [3.8, 4) is 0 Å². The molecular weight excluding hydrogens is 292 g/mol. The molecule has 0 aromatic carbocycles. The van der Waals surface area contributed by atoms with Gasteiger partial charge < -0.3 is 9.47 Å². The molecule has 2 rings (SSSR count). The third kappa shape index (κ3) is 3.46. The SMILES string of the molecule is C[SiH2]C1(C2([SiH2]CCCCl)CCCCO2)CCCCO1. The number of rotatable bonds is 6. The van der Waals surface area contributed by atoms with Gasteiger partial charge in [0.15, 0.2) is 0 Å². The summed E-state index contributed by atoms with van der Waals surface area (Å²) in [5, 5.41) is 0.336. The van der Waals surface area contributed by atoms with E-state index in [0.717, 1.165) is 19.1 Å². The molecule has 2 aliphatic heterocycles. The summed E-state index contributed by atoms with van der Waals surface area (Å²) in [5.74, 6) is 0.806. The van der Waals surface area contributed by atoms with Crippen LogP contribution in [0, 0.1) is 0 Å². The molecule has 2 aliphatic rings. The summed E-state index contributed by atoms with van der Waals surface area (Å²) in [5.41, 5.74) is 0. The molecule has 2 saturated heterocycles. The monoisotopic (exact) mass is 320 g/mol. The molecule has 0 aliphatic carbocycles. The van der Waals surface area contributed by atoms with Crippen LogP contribution in [0.1, 0.15) is 44.9 Å². The lowest BCUT2D eigenvalue weighted by atomic mass is 9.96. The summed E-state index contributed by atoms with van der Waals surface area (Å²) in [6.45, 7) is 4.37.